The predicted molar refractivity (Wildman–Crippen MR) is 79.1 cm³/mol. The van der Waals surface area contributed by atoms with Crippen LogP contribution >= 0.6 is 22.9 Å². The molecule has 0 amide bonds. The number of halogens is 2. The minimum absolute atomic E-state index is 0.0582. The summed E-state index contributed by atoms with van der Waals surface area (Å²) < 4.78 is 14.3. The molecule has 0 fully saturated rings. The summed E-state index contributed by atoms with van der Waals surface area (Å²) in [5.74, 6) is -0.599. The van der Waals surface area contributed by atoms with E-state index in [1.54, 1.807) is 12.3 Å². The van der Waals surface area contributed by atoms with Crippen molar-refractivity contribution in [1.29, 1.82) is 0 Å². The van der Waals surface area contributed by atoms with Crippen LogP contribution in [0.4, 0.5) is 4.39 Å². The van der Waals surface area contributed by atoms with E-state index in [1.165, 1.54) is 23.5 Å². The average Bonchev–Trinajstić information content (AvgIpc) is 2.90. The number of benzene rings is 1. The van der Waals surface area contributed by atoms with E-state index in [0.29, 0.717) is 11.1 Å². The third-order valence-corrected chi connectivity index (χ3v) is 4.13. The Morgan fingerprint density at radius 2 is 2.15 bits per heavy atom. The van der Waals surface area contributed by atoms with E-state index in [2.05, 4.69) is 4.98 Å². The van der Waals surface area contributed by atoms with E-state index in [9.17, 15) is 9.18 Å². The number of rotatable bonds is 3. The molecule has 0 aliphatic heterocycles. The number of fused-ring (bicyclic) bond motifs is 1. The number of carbonyl (C=O) groups is 1. The number of nitrogens with zero attached hydrogens (tertiary/aromatic N) is 1. The topological polar surface area (TPSA) is 30.0 Å². The van der Waals surface area contributed by atoms with Crippen molar-refractivity contribution in [2.45, 2.75) is 6.42 Å². The lowest BCUT2D eigenvalue weighted by Crippen LogP contribution is -2.04. The SMILES string of the molecule is O=C(Cc1ccc(Cl)c(F)c1)c1cnc2ccsc2c1. The summed E-state index contributed by atoms with van der Waals surface area (Å²) in [6.45, 7) is 0. The zero-order valence-electron chi connectivity index (χ0n) is 10.3. The van der Waals surface area contributed by atoms with Crippen LogP contribution in [0.5, 0.6) is 0 Å². The van der Waals surface area contributed by atoms with Crippen molar-refractivity contribution in [1.82, 2.24) is 4.98 Å². The van der Waals surface area contributed by atoms with Gasteiger partial charge in [-0.3, -0.25) is 9.78 Å². The minimum atomic E-state index is -0.510. The number of aromatic nitrogens is 1. The first-order chi connectivity index (χ1) is 9.63. The van der Waals surface area contributed by atoms with Gasteiger partial charge in [0.1, 0.15) is 5.82 Å². The van der Waals surface area contributed by atoms with Crippen molar-refractivity contribution >= 4 is 38.9 Å². The largest absolute Gasteiger partial charge is 0.294 e. The number of Topliss-reactive ketones (excluding diaryl/α,β-unsaturated/α-hetero) is 1. The lowest BCUT2D eigenvalue weighted by molar-refractivity contribution is 0.0993. The van der Waals surface area contributed by atoms with Gasteiger partial charge in [-0.25, -0.2) is 4.39 Å². The number of pyridine rings is 1. The van der Waals surface area contributed by atoms with Gasteiger partial charge in [0.2, 0.25) is 0 Å². The van der Waals surface area contributed by atoms with Crippen molar-refractivity contribution < 1.29 is 9.18 Å². The normalized spacial score (nSPS) is 10.9. The van der Waals surface area contributed by atoms with E-state index in [4.69, 9.17) is 11.6 Å². The standard InChI is InChI=1S/C15H9ClFNOS/c16-11-2-1-9(5-12(11)17)6-14(19)10-7-15-13(18-8-10)3-4-20-15/h1-5,7-8H,6H2. The van der Waals surface area contributed by atoms with Crippen LogP contribution in [0, 0.1) is 5.82 Å². The predicted octanol–water partition coefficient (Wildman–Crippen LogP) is 4.51. The lowest BCUT2D eigenvalue weighted by atomic mass is 10.0. The van der Waals surface area contributed by atoms with Gasteiger partial charge in [-0.1, -0.05) is 17.7 Å². The maximum Gasteiger partial charge on any atom is 0.168 e. The fourth-order valence-electron chi connectivity index (χ4n) is 1.94. The molecule has 0 aliphatic rings. The molecular weight excluding hydrogens is 297 g/mol. The molecule has 0 spiro atoms. The van der Waals surface area contributed by atoms with Crippen LogP contribution in [-0.2, 0) is 6.42 Å². The Morgan fingerprint density at radius 1 is 1.30 bits per heavy atom. The second-order valence-corrected chi connectivity index (χ2v) is 5.73. The summed E-state index contributed by atoms with van der Waals surface area (Å²) in [6.07, 6.45) is 1.69. The molecule has 2 aromatic heterocycles. The van der Waals surface area contributed by atoms with Crippen molar-refractivity contribution in [2.24, 2.45) is 0 Å². The number of carbonyl (C=O) groups excluding carboxylic acids is 1. The first kappa shape index (κ1) is 13.2. The number of hydrogen-bond donors (Lipinski definition) is 0. The molecule has 5 heteroatoms. The van der Waals surface area contributed by atoms with Crippen molar-refractivity contribution in [3.63, 3.8) is 0 Å². The van der Waals surface area contributed by atoms with E-state index in [1.807, 2.05) is 17.5 Å². The fraction of sp³-hybridized carbons (Fsp3) is 0.0667. The summed E-state index contributed by atoms with van der Waals surface area (Å²) in [4.78, 5) is 16.4. The molecule has 2 nitrogen and oxygen atoms in total. The molecule has 0 unspecified atom stereocenters. The summed E-state index contributed by atoms with van der Waals surface area (Å²) in [5.41, 5.74) is 2.02. The lowest BCUT2D eigenvalue weighted by Gasteiger charge is -2.03. The zero-order chi connectivity index (χ0) is 14.1. The maximum absolute atomic E-state index is 13.3. The molecule has 0 atom stereocenters. The Bertz CT molecular complexity index is 799. The summed E-state index contributed by atoms with van der Waals surface area (Å²) in [6, 6.07) is 8.13. The summed E-state index contributed by atoms with van der Waals surface area (Å²) >= 11 is 7.16. The van der Waals surface area contributed by atoms with Crippen molar-refractivity contribution in [3.05, 3.63) is 63.9 Å². The second-order valence-electron chi connectivity index (χ2n) is 4.38. The van der Waals surface area contributed by atoms with Gasteiger partial charge in [-0.15, -0.1) is 11.3 Å². The Balaban J connectivity index is 1.86. The van der Waals surface area contributed by atoms with Crippen LogP contribution in [0.3, 0.4) is 0 Å². The molecule has 1 aromatic carbocycles. The quantitative estimate of drug-likeness (QED) is 0.666. The Hall–Kier alpha value is -1.78. The molecule has 100 valence electrons. The smallest absolute Gasteiger partial charge is 0.168 e. The first-order valence-electron chi connectivity index (χ1n) is 5.94. The van der Waals surface area contributed by atoms with Crippen molar-refractivity contribution in [2.75, 3.05) is 0 Å². The molecule has 0 saturated carbocycles. The number of thiophene rings is 1. The summed E-state index contributed by atoms with van der Waals surface area (Å²) in [7, 11) is 0. The second kappa shape index (κ2) is 5.31. The Labute approximate surface area is 123 Å². The van der Waals surface area contributed by atoms with Crippen LogP contribution in [0.1, 0.15) is 15.9 Å². The molecule has 0 radical (unpaired) electrons. The van der Waals surface area contributed by atoms with Crippen LogP contribution in [-0.4, -0.2) is 10.8 Å². The molecule has 3 aromatic rings. The molecule has 2 heterocycles. The molecule has 0 aliphatic carbocycles. The molecule has 3 rings (SSSR count). The van der Waals surface area contributed by atoms with Crippen LogP contribution < -0.4 is 0 Å². The molecular formula is C15H9ClFNOS. The highest BCUT2D eigenvalue weighted by atomic mass is 35.5. The van der Waals surface area contributed by atoms with Gasteiger partial charge in [0, 0.05) is 18.2 Å². The van der Waals surface area contributed by atoms with Crippen LogP contribution in [0.25, 0.3) is 10.2 Å². The van der Waals surface area contributed by atoms with Gasteiger partial charge in [0.15, 0.2) is 5.78 Å². The molecule has 20 heavy (non-hydrogen) atoms. The van der Waals surface area contributed by atoms with Crippen LogP contribution in [0.15, 0.2) is 41.9 Å². The maximum atomic E-state index is 13.3. The van der Waals surface area contributed by atoms with E-state index >= 15 is 0 Å². The van der Waals surface area contributed by atoms with Crippen molar-refractivity contribution in [3.8, 4) is 0 Å². The van der Waals surface area contributed by atoms with E-state index in [0.717, 1.165) is 10.2 Å². The number of hydrogen-bond acceptors (Lipinski definition) is 3. The van der Waals surface area contributed by atoms with Gasteiger partial charge < -0.3 is 0 Å². The van der Waals surface area contributed by atoms with Crippen LogP contribution in [0.2, 0.25) is 5.02 Å². The average molecular weight is 306 g/mol. The summed E-state index contributed by atoms with van der Waals surface area (Å²) in [5, 5.41) is 1.99. The number of ketones is 1. The highest BCUT2D eigenvalue weighted by Crippen LogP contribution is 2.21. The zero-order valence-corrected chi connectivity index (χ0v) is 11.8. The monoisotopic (exact) mass is 305 g/mol. The first-order valence-corrected chi connectivity index (χ1v) is 7.19. The van der Waals surface area contributed by atoms with E-state index < -0.39 is 5.82 Å². The highest BCUT2D eigenvalue weighted by Gasteiger charge is 2.10. The third kappa shape index (κ3) is 2.57. The Morgan fingerprint density at radius 3 is 2.95 bits per heavy atom. The molecule has 0 saturated heterocycles. The minimum Gasteiger partial charge on any atom is -0.294 e. The van der Waals surface area contributed by atoms with Gasteiger partial charge in [-0.2, -0.15) is 0 Å². The van der Waals surface area contributed by atoms with Gasteiger partial charge >= 0.3 is 0 Å². The van der Waals surface area contributed by atoms with Gasteiger partial charge in [0.05, 0.1) is 15.2 Å². The van der Waals surface area contributed by atoms with Gasteiger partial charge in [-0.05, 0) is 35.2 Å². The van der Waals surface area contributed by atoms with Gasteiger partial charge in [0.25, 0.3) is 0 Å². The third-order valence-electron chi connectivity index (χ3n) is 2.97. The highest BCUT2D eigenvalue weighted by molar-refractivity contribution is 7.17. The van der Waals surface area contributed by atoms with E-state index in [-0.39, 0.29) is 17.2 Å². The fourth-order valence-corrected chi connectivity index (χ4v) is 2.83. The molecule has 0 N–H and O–H groups in total. The molecule has 0 bridgehead atoms. The Kier molecular flexibility index (Phi) is 3.51.